The van der Waals surface area contributed by atoms with Crippen LogP contribution in [0.2, 0.25) is 0 Å². The lowest BCUT2D eigenvalue weighted by atomic mass is 9.86. The summed E-state index contributed by atoms with van der Waals surface area (Å²) in [4.78, 5) is 4.18. The van der Waals surface area contributed by atoms with Gasteiger partial charge in [0.15, 0.2) is 0 Å². The first-order valence-electron chi connectivity index (χ1n) is 4.59. The molecule has 1 aliphatic rings. The quantitative estimate of drug-likeness (QED) is 0.798. The molecule has 0 aromatic carbocycles. The SMILES string of the molecule is Ic1cccnc1OCC1CCC1. The van der Waals surface area contributed by atoms with Gasteiger partial charge in [0, 0.05) is 6.20 Å². The molecule has 2 nitrogen and oxygen atoms in total. The van der Waals surface area contributed by atoms with Gasteiger partial charge in [-0.25, -0.2) is 4.98 Å². The normalized spacial score (nSPS) is 16.7. The molecule has 70 valence electrons. The molecule has 0 bridgehead atoms. The van der Waals surface area contributed by atoms with Crippen molar-refractivity contribution in [2.45, 2.75) is 19.3 Å². The van der Waals surface area contributed by atoms with E-state index in [1.54, 1.807) is 6.20 Å². The van der Waals surface area contributed by atoms with Gasteiger partial charge in [-0.05, 0) is 53.5 Å². The Morgan fingerprint density at radius 1 is 1.54 bits per heavy atom. The van der Waals surface area contributed by atoms with Crippen LogP contribution >= 0.6 is 22.6 Å². The Morgan fingerprint density at radius 2 is 2.38 bits per heavy atom. The Kier molecular flexibility index (Phi) is 3.03. The Bertz CT molecular complexity index is 286. The molecular weight excluding hydrogens is 277 g/mol. The van der Waals surface area contributed by atoms with E-state index in [0.717, 1.165) is 22.0 Å². The number of nitrogens with zero attached hydrogens (tertiary/aromatic N) is 1. The second kappa shape index (κ2) is 4.26. The summed E-state index contributed by atoms with van der Waals surface area (Å²) in [6.07, 6.45) is 5.79. The molecule has 13 heavy (non-hydrogen) atoms. The first-order valence-corrected chi connectivity index (χ1v) is 5.67. The summed E-state index contributed by atoms with van der Waals surface area (Å²) in [5.41, 5.74) is 0. The second-order valence-electron chi connectivity index (χ2n) is 3.40. The van der Waals surface area contributed by atoms with Crippen molar-refractivity contribution >= 4 is 22.6 Å². The van der Waals surface area contributed by atoms with Crippen molar-refractivity contribution in [2.24, 2.45) is 5.92 Å². The summed E-state index contributed by atoms with van der Waals surface area (Å²) in [6, 6.07) is 3.95. The minimum atomic E-state index is 0.776. The molecule has 0 radical (unpaired) electrons. The number of rotatable bonds is 3. The van der Waals surface area contributed by atoms with Crippen LogP contribution in [-0.4, -0.2) is 11.6 Å². The van der Waals surface area contributed by atoms with E-state index >= 15 is 0 Å². The molecule has 0 N–H and O–H groups in total. The molecule has 0 amide bonds. The number of aromatic nitrogens is 1. The monoisotopic (exact) mass is 289 g/mol. The second-order valence-corrected chi connectivity index (χ2v) is 4.56. The summed E-state index contributed by atoms with van der Waals surface area (Å²) in [7, 11) is 0. The van der Waals surface area contributed by atoms with Gasteiger partial charge in [0.25, 0.3) is 0 Å². The molecule has 0 saturated heterocycles. The largest absolute Gasteiger partial charge is 0.477 e. The highest BCUT2D eigenvalue weighted by Gasteiger charge is 2.18. The van der Waals surface area contributed by atoms with Crippen molar-refractivity contribution in [1.82, 2.24) is 4.98 Å². The Hall–Kier alpha value is -0.320. The van der Waals surface area contributed by atoms with Crippen LogP contribution in [0, 0.1) is 9.49 Å². The van der Waals surface area contributed by atoms with Crippen molar-refractivity contribution in [2.75, 3.05) is 6.61 Å². The fourth-order valence-electron chi connectivity index (χ4n) is 1.33. The third kappa shape index (κ3) is 2.33. The van der Waals surface area contributed by atoms with E-state index in [4.69, 9.17) is 4.74 Å². The molecule has 1 fully saturated rings. The highest BCUT2D eigenvalue weighted by molar-refractivity contribution is 14.1. The van der Waals surface area contributed by atoms with Crippen molar-refractivity contribution < 1.29 is 4.74 Å². The zero-order chi connectivity index (χ0) is 9.10. The van der Waals surface area contributed by atoms with Gasteiger partial charge in [0.2, 0.25) is 5.88 Å². The topological polar surface area (TPSA) is 22.1 Å². The average Bonchev–Trinajstić information content (AvgIpc) is 2.05. The highest BCUT2D eigenvalue weighted by atomic mass is 127. The third-order valence-corrected chi connectivity index (χ3v) is 3.23. The van der Waals surface area contributed by atoms with Crippen LogP contribution in [-0.2, 0) is 0 Å². The van der Waals surface area contributed by atoms with Crippen molar-refractivity contribution in [3.63, 3.8) is 0 Å². The van der Waals surface area contributed by atoms with Crippen molar-refractivity contribution in [3.8, 4) is 5.88 Å². The van der Waals surface area contributed by atoms with E-state index in [0.29, 0.717) is 0 Å². The zero-order valence-corrected chi connectivity index (χ0v) is 9.53. The first kappa shape index (κ1) is 9.24. The summed E-state index contributed by atoms with van der Waals surface area (Å²) >= 11 is 2.25. The molecular formula is C10H12INO. The van der Waals surface area contributed by atoms with E-state index in [-0.39, 0.29) is 0 Å². The van der Waals surface area contributed by atoms with E-state index in [9.17, 15) is 0 Å². The molecule has 1 aromatic heterocycles. The Morgan fingerprint density at radius 3 is 3.00 bits per heavy atom. The Balaban J connectivity index is 1.89. The molecule has 0 spiro atoms. The van der Waals surface area contributed by atoms with Crippen molar-refractivity contribution in [3.05, 3.63) is 21.9 Å². The van der Waals surface area contributed by atoms with Crippen LogP contribution in [0.4, 0.5) is 0 Å². The van der Waals surface area contributed by atoms with Gasteiger partial charge in [-0.1, -0.05) is 6.42 Å². The van der Waals surface area contributed by atoms with E-state index < -0.39 is 0 Å². The van der Waals surface area contributed by atoms with Crippen LogP contribution in [0.15, 0.2) is 18.3 Å². The maximum atomic E-state index is 5.62. The van der Waals surface area contributed by atoms with Gasteiger partial charge >= 0.3 is 0 Å². The summed E-state index contributed by atoms with van der Waals surface area (Å²) in [6.45, 7) is 0.840. The predicted octanol–water partition coefficient (Wildman–Crippen LogP) is 2.87. The van der Waals surface area contributed by atoms with Crippen LogP contribution < -0.4 is 4.74 Å². The first-order chi connectivity index (χ1) is 6.36. The average molecular weight is 289 g/mol. The molecule has 1 saturated carbocycles. The lowest BCUT2D eigenvalue weighted by molar-refractivity contribution is 0.174. The zero-order valence-electron chi connectivity index (χ0n) is 7.37. The third-order valence-electron chi connectivity index (χ3n) is 2.41. The van der Waals surface area contributed by atoms with Crippen LogP contribution in [0.5, 0.6) is 5.88 Å². The number of pyridine rings is 1. The summed E-state index contributed by atoms with van der Waals surface area (Å²) < 4.78 is 6.72. The molecule has 3 heteroatoms. The number of halogens is 1. The number of hydrogen-bond acceptors (Lipinski definition) is 2. The lowest BCUT2D eigenvalue weighted by Crippen LogP contribution is -2.19. The van der Waals surface area contributed by atoms with Crippen molar-refractivity contribution in [1.29, 1.82) is 0 Å². The maximum absolute atomic E-state index is 5.62. The molecule has 1 aliphatic carbocycles. The van der Waals surface area contributed by atoms with Gasteiger partial charge < -0.3 is 4.74 Å². The predicted molar refractivity (Wildman–Crippen MR) is 59.8 cm³/mol. The summed E-state index contributed by atoms with van der Waals surface area (Å²) in [5, 5.41) is 0. The van der Waals surface area contributed by atoms with E-state index in [1.165, 1.54) is 19.3 Å². The van der Waals surface area contributed by atoms with Gasteiger partial charge in [0.1, 0.15) is 0 Å². The van der Waals surface area contributed by atoms with Gasteiger partial charge in [-0.3, -0.25) is 0 Å². The maximum Gasteiger partial charge on any atom is 0.227 e. The fourth-order valence-corrected chi connectivity index (χ4v) is 1.84. The van der Waals surface area contributed by atoms with Crippen LogP contribution in [0.1, 0.15) is 19.3 Å². The minimum Gasteiger partial charge on any atom is -0.477 e. The molecule has 1 heterocycles. The molecule has 0 aliphatic heterocycles. The van der Waals surface area contributed by atoms with E-state index in [2.05, 4.69) is 27.6 Å². The van der Waals surface area contributed by atoms with Gasteiger partial charge in [-0.15, -0.1) is 0 Å². The number of hydrogen-bond donors (Lipinski definition) is 0. The minimum absolute atomic E-state index is 0.776. The van der Waals surface area contributed by atoms with Crippen LogP contribution in [0.3, 0.4) is 0 Å². The smallest absolute Gasteiger partial charge is 0.227 e. The number of ether oxygens (including phenoxy) is 1. The molecule has 1 aromatic rings. The lowest BCUT2D eigenvalue weighted by Gasteiger charge is -2.24. The molecule has 0 atom stereocenters. The van der Waals surface area contributed by atoms with E-state index in [1.807, 2.05) is 12.1 Å². The molecule has 0 unspecified atom stereocenters. The van der Waals surface area contributed by atoms with Gasteiger partial charge in [0.05, 0.1) is 10.2 Å². The standard InChI is InChI=1S/C10H12INO/c11-9-5-2-6-12-10(9)13-7-8-3-1-4-8/h2,5-6,8H,1,3-4,7H2. The summed E-state index contributed by atoms with van der Waals surface area (Å²) in [5.74, 6) is 1.56. The van der Waals surface area contributed by atoms with Crippen LogP contribution in [0.25, 0.3) is 0 Å². The molecule has 2 rings (SSSR count). The van der Waals surface area contributed by atoms with Gasteiger partial charge in [-0.2, -0.15) is 0 Å². The fraction of sp³-hybridized carbons (Fsp3) is 0.500. The highest BCUT2D eigenvalue weighted by Crippen LogP contribution is 2.27. The Labute approximate surface area is 91.8 Å².